The molecular weight excluding hydrogens is 370 g/mol. The number of ether oxygens (including phenoxy) is 1. The fraction of sp³-hybridized carbons (Fsp3) is 0.318. The van der Waals surface area contributed by atoms with Crippen molar-refractivity contribution in [2.24, 2.45) is 5.73 Å². The minimum Gasteiger partial charge on any atom is -0.459 e. The third kappa shape index (κ3) is 5.89. The lowest BCUT2D eigenvalue weighted by molar-refractivity contribution is -0.153. The molecule has 154 valence electrons. The number of carbonyl (C=O) groups is 3. The number of amides is 2. The molecule has 0 radical (unpaired) electrons. The predicted molar refractivity (Wildman–Crippen MR) is 113 cm³/mol. The Kier molecular flexibility index (Phi) is 7.12. The summed E-state index contributed by atoms with van der Waals surface area (Å²) < 4.78 is 5.33. The Morgan fingerprint density at radius 2 is 1.55 bits per heavy atom. The van der Waals surface area contributed by atoms with Gasteiger partial charge in [-0.1, -0.05) is 30.3 Å². The van der Waals surface area contributed by atoms with E-state index in [1.54, 1.807) is 52.1 Å². The minimum absolute atomic E-state index is 0.282. The van der Waals surface area contributed by atoms with E-state index in [9.17, 15) is 14.4 Å². The van der Waals surface area contributed by atoms with Gasteiger partial charge in [-0.3, -0.25) is 19.3 Å². The van der Waals surface area contributed by atoms with Crippen molar-refractivity contribution < 1.29 is 19.1 Å². The molecule has 0 bridgehead atoms. The zero-order chi connectivity index (χ0) is 21.6. The average Bonchev–Trinajstić information content (AvgIpc) is 2.69. The largest absolute Gasteiger partial charge is 0.459 e. The highest BCUT2D eigenvalue weighted by Crippen LogP contribution is 2.24. The van der Waals surface area contributed by atoms with Gasteiger partial charge in [0, 0.05) is 12.7 Å². The smallest absolute Gasteiger partial charge is 0.326 e. The summed E-state index contributed by atoms with van der Waals surface area (Å²) >= 11 is 0. The van der Waals surface area contributed by atoms with E-state index in [-0.39, 0.29) is 24.6 Å². The van der Waals surface area contributed by atoms with Crippen LogP contribution in [0.1, 0.15) is 31.1 Å². The van der Waals surface area contributed by atoms with Gasteiger partial charge < -0.3 is 15.4 Å². The van der Waals surface area contributed by atoms with E-state index in [1.165, 1.54) is 9.80 Å². The Balaban J connectivity index is 2.39. The van der Waals surface area contributed by atoms with E-state index < -0.39 is 17.5 Å². The predicted octanol–water partition coefficient (Wildman–Crippen LogP) is 2.60. The van der Waals surface area contributed by atoms with E-state index in [2.05, 4.69) is 0 Å². The molecule has 2 aromatic rings. The molecule has 0 aliphatic rings. The topological polar surface area (TPSA) is 92.9 Å². The van der Waals surface area contributed by atoms with Crippen LogP contribution in [-0.2, 0) is 14.3 Å². The molecule has 0 heterocycles. The van der Waals surface area contributed by atoms with Gasteiger partial charge in [0.1, 0.15) is 12.1 Å². The summed E-state index contributed by atoms with van der Waals surface area (Å²) in [5.41, 5.74) is 6.15. The van der Waals surface area contributed by atoms with Gasteiger partial charge in [0.05, 0.1) is 17.8 Å². The second-order valence-electron chi connectivity index (χ2n) is 7.49. The van der Waals surface area contributed by atoms with Crippen LogP contribution in [0.25, 0.3) is 0 Å². The highest BCUT2D eigenvalue weighted by atomic mass is 16.6. The SMILES string of the molecule is CN(C(=O)c1ccccc1N(CC(=O)OC(C)(C)C)C(=O)CN)c1ccccc1. The van der Waals surface area contributed by atoms with Crippen LogP contribution in [0.2, 0.25) is 0 Å². The lowest BCUT2D eigenvalue weighted by Gasteiger charge is -2.27. The quantitative estimate of drug-likeness (QED) is 0.757. The zero-order valence-electron chi connectivity index (χ0n) is 17.2. The fourth-order valence-electron chi connectivity index (χ4n) is 2.76. The highest BCUT2D eigenvalue weighted by molar-refractivity contribution is 6.12. The van der Waals surface area contributed by atoms with Crippen molar-refractivity contribution in [3.05, 3.63) is 60.2 Å². The van der Waals surface area contributed by atoms with Crippen LogP contribution < -0.4 is 15.5 Å². The van der Waals surface area contributed by atoms with E-state index in [1.807, 2.05) is 30.3 Å². The molecule has 0 fully saturated rings. The number of nitrogens with zero attached hydrogens (tertiary/aromatic N) is 2. The molecule has 7 nitrogen and oxygen atoms in total. The molecule has 2 amide bonds. The number of rotatable bonds is 6. The molecule has 2 N–H and O–H groups in total. The first-order valence-electron chi connectivity index (χ1n) is 9.28. The Hall–Kier alpha value is -3.19. The second-order valence-corrected chi connectivity index (χ2v) is 7.49. The second kappa shape index (κ2) is 9.34. The first-order chi connectivity index (χ1) is 13.6. The molecule has 0 aliphatic carbocycles. The fourth-order valence-corrected chi connectivity index (χ4v) is 2.76. The Labute approximate surface area is 171 Å². The van der Waals surface area contributed by atoms with E-state index in [4.69, 9.17) is 10.5 Å². The van der Waals surface area contributed by atoms with Crippen molar-refractivity contribution in [2.75, 3.05) is 29.9 Å². The third-order valence-electron chi connectivity index (χ3n) is 4.06. The lowest BCUT2D eigenvalue weighted by Crippen LogP contribution is -2.43. The Morgan fingerprint density at radius 1 is 0.966 bits per heavy atom. The van der Waals surface area contributed by atoms with Gasteiger partial charge in [0.25, 0.3) is 5.91 Å². The van der Waals surface area contributed by atoms with Gasteiger partial charge in [-0.05, 0) is 45.0 Å². The maximum absolute atomic E-state index is 13.1. The molecule has 29 heavy (non-hydrogen) atoms. The number of benzene rings is 2. The minimum atomic E-state index is -0.697. The van der Waals surface area contributed by atoms with Crippen LogP contribution in [0, 0.1) is 0 Å². The summed E-state index contributed by atoms with van der Waals surface area (Å²) in [4.78, 5) is 40.7. The van der Waals surface area contributed by atoms with Gasteiger partial charge >= 0.3 is 5.97 Å². The van der Waals surface area contributed by atoms with Crippen LogP contribution in [0.3, 0.4) is 0 Å². The maximum Gasteiger partial charge on any atom is 0.326 e. The summed E-state index contributed by atoms with van der Waals surface area (Å²) in [6.07, 6.45) is 0. The van der Waals surface area contributed by atoms with Crippen LogP contribution in [0.4, 0.5) is 11.4 Å². The number of hydrogen-bond donors (Lipinski definition) is 1. The van der Waals surface area contributed by atoms with Gasteiger partial charge in [0.15, 0.2) is 0 Å². The summed E-state index contributed by atoms with van der Waals surface area (Å²) in [6.45, 7) is 4.58. The molecule has 0 saturated heterocycles. The highest BCUT2D eigenvalue weighted by Gasteiger charge is 2.27. The van der Waals surface area contributed by atoms with Crippen molar-refractivity contribution >= 4 is 29.2 Å². The van der Waals surface area contributed by atoms with Crippen LogP contribution in [-0.4, -0.2) is 43.5 Å². The van der Waals surface area contributed by atoms with E-state index in [0.29, 0.717) is 11.4 Å². The zero-order valence-corrected chi connectivity index (χ0v) is 17.2. The van der Waals surface area contributed by atoms with E-state index >= 15 is 0 Å². The molecular formula is C22H27N3O4. The van der Waals surface area contributed by atoms with Crippen molar-refractivity contribution in [3.63, 3.8) is 0 Å². The number of para-hydroxylation sites is 2. The summed E-state index contributed by atoms with van der Waals surface area (Å²) in [5, 5.41) is 0. The number of esters is 1. The number of carbonyl (C=O) groups excluding carboxylic acids is 3. The number of anilines is 2. The van der Waals surface area contributed by atoms with Gasteiger partial charge in [-0.25, -0.2) is 0 Å². The molecule has 0 saturated carbocycles. The molecule has 0 atom stereocenters. The summed E-state index contributed by atoms with van der Waals surface area (Å²) in [7, 11) is 1.65. The van der Waals surface area contributed by atoms with Gasteiger partial charge in [-0.2, -0.15) is 0 Å². The Morgan fingerprint density at radius 3 is 2.14 bits per heavy atom. The summed E-state index contributed by atoms with van der Waals surface area (Å²) in [5.74, 6) is -1.39. The monoisotopic (exact) mass is 397 g/mol. The van der Waals surface area contributed by atoms with Crippen molar-refractivity contribution in [3.8, 4) is 0 Å². The molecule has 0 aromatic heterocycles. The molecule has 0 aliphatic heterocycles. The molecule has 2 rings (SSSR count). The average molecular weight is 397 g/mol. The molecule has 2 aromatic carbocycles. The van der Waals surface area contributed by atoms with E-state index in [0.717, 1.165) is 0 Å². The number of hydrogen-bond acceptors (Lipinski definition) is 5. The first kappa shape index (κ1) is 22.1. The van der Waals surface area contributed by atoms with Crippen LogP contribution in [0.5, 0.6) is 0 Å². The van der Waals surface area contributed by atoms with Gasteiger partial charge in [0.2, 0.25) is 5.91 Å². The summed E-state index contributed by atoms with van der Waals surface area (Å²) in [6, 6.07) is 15.8. The molecule has 0 spiro atoms. The normalized spacial score (nSPS) is 10.9. The standard InChI is InChI=1S/C22H27N3O4/c1-22(2,3)29-20(27)15-25(19(26)14-23)18-13-9-8-12-17(18)21(28)24(4)16-10-6-5-7-11-16/h5-13H,14-15,23H2,1-4H3. The first-order valence-corrected chi connectivity index (χ1v) is 9.28. The third-order valence-corrected chi connectivity index (χ3v) is 4.06. The van der Waals surface area contributed by atoms with Crippen LogP contribution in [0.15, 0.2) is 54.6 Å². The maximum atomic E-state index is 13.1. The molecule has 0 unspecified atom stereocenters. The van der Waals surface area contributed by atoms with Crippen molar-refractivity contribution in [1.29, 1.82) is 0 Å². The van der Waals surface area contributed by atoms with Gasteiger partial charge in [-0.15, -0.1) is 0 Å². The van der Waals surface area contributed by atoms with Crippen molar-refractivity contribution in [2.45, 2.75) is 26.4 Å². The Bertz CT molecular complexity index is 875. The molecule has 7 heteroatoms. The van der Waals surface area contributed by atoms with Crippen molar-refractivity contribution in [1.82, 2.24) is 0 Å². The lowest BCUT2D eigenvalue weighted by atomic mass is 10.1. The number of nitrogens with two attached hydrogens (primary N) is 1. The van der Waals surface area contributed by atoms with Crippen LogP contribution >= 0.6 is 0 Å².